The molecular formula is C6H18N2Si. The van der Waals surface area contributed by atoms with Crippen molar-refractivity contribution in [2.45, 2.75) is 25.9 Å². The highest BCUT2D eigenvalue weighted by molar-refractivity contribution is 6.11. The third-order valence-electron chi connectivity index (χ3n) is 1.44. The fourth-order valence-corrected chi connectivity index (χ4v) is 0.720. The number of hydrogen-bond acceptors (Lipinski definition) is 2. The second-order valence-corrected chi connectivity index (χ2v) is 3.69. The molecule has 2 N–H and O–H groups in total. The second kappa shape index (κ2) is 6.26. The molecule has 0 saturated carbocycles. The normalized spacial score (nSPS) is 14.0. The van der Waals surface area contributed by atoms with Crippen LogP contribution in [0.4, 0.5) is 0 Å². The Kier molecular flexibility index (Phi) is 6.35. The van der Waals surface area contributed by atoms with E-state index in [0.29, 0.717) is 0 Å². The lowest BCUT2D eigenvalue weighted by atomic mass is 10.5. The predicted octanol–water partition coefficient (Wildman–Crippen LogP) is -0.756. The smallest absolute Gasteiger partial charge is 0.0453 e. The maximum atomic E-state index is 3.38. The van der Waals surface area contributed by atoms with Gasteiger partial charge < -0.3 is 10.6 Å². The molecule has 0 amide bonds. The average Bonchev–Trinajstić information content (AvgIpc) is 1.89. The summed E-state index contributed by atoms with van der Waals surface area (Å²) in [5.41, 5.74) is 0.782. The van der Waals surface area contributed by atoms with Crippen molar-refractivity contribution in [2.75, 3.05) is 13.2 Å². The van der Waals surface area contributed by atoms with E-state index in [1.807, 2.05) is 0 Å². The molecule has 0 heterocycles. The molecule has 1 atom stereocenters. The van der Waals surface area contributed by atoms with E-state index in [-0.39, 0.29) is 0 Å². The van der Waals surface area contributed by atoms with Gasteiger partial charge in [0.2, 0.25) is 0 Å². The zero-order valence-corrected chi connectivity index (χ0v) is 8.70. The summed E-state index contributed by atoms with van der Waals surface area (Å²) in [6.07, 6.45) is 1.26. The Hall–Kier alpha value is 0.137. The Morgan fingerprint density at radius 2 is 2.11 bits per heavy atom. The van der Waals surface area contributed by atoms with Crippen molar-refractivity contribution in [3.05, 3.63) is 0 Å². The molecule has 2 nitrogen and oxygen atoms in total. The fourth-order valence-electron chi connectivity index (χ4n) is 0.516. The third kappa shape index (κ3) is 6.02. The van der Waals surface area contributed by atoms with Gasteiger partial charge in [0, 0.05) is 16.9 Å². The van der Waals surface area contributed by atoms with Crippen molar-refractivity contribution in [1.29, 1.82) is 0 Å². The topological polar surface area (TPSA) is 24.1 Å². The summed E-state index contributed by atoms with van der Waals surface area (Å²) < 4.78 is 0. The van der Waals surface area contributed by atoms with Crippen LogP contribution in [0, 0.1) is 0 Å². The molecule has 0 fully saturated rings. The standard InChI is InChI=1S/C6H18N2Si/c1-3-6(9)8-5-7-4-2/h6-8H,3-5H2,1-2,9H3. The van der Waals surface area contributed by atoms with Crippen LogP contribution in [0.1, 0.15) is 20.3 Å². The van der Waals surface area contributed by atoms with Crippen LogP contribution in [-0.4, -0.2) is 29.1 Å². The van der Waals surface area contributed by atoms with Crippen molar-refractivity contribution in [2.24, 2.45) is 0 Å². The molecule has 0 aliphatic carbocycles. The first-order valence-corrected chi connectivity index (χ1v) is 4.90. The summed E-state index contributed by atoms with van der Waals surface area (Å²) >= 11 is 0. The molecule has 0 aromatic rings. The van der Waals surface area contributed by atoms with Crippen LogP contribution in [0.5, 0.6) is 0 Å². The lowest BCUT2D eigenvalue weighted by molar-refractivity contribution is 0.562. The lowest BCUT2D eigenvalue weighted by Crippen LogP contribution is -2.36. The highest BCUT2D eigenvalue weighted by Gasteiger charge is 1.92. The molecule has 0 rings (SSSR count). The maximum Gasteiger partial charge on any atom is 0.0453 e. The van der Waals surface area contributed by atoms with Crippen LogP contribution < -0.4 is 10.6 Å². The molecule has 0 saturated heterocycles. The Balaban J connectivity index is 2.88. The average molecular weight is 146 g/mol. The molecule has 0 aliphatic heterocycles. The molecular weight excluding hydrogens is 128 g/mol. The molecule has 56 valence electrons. The van der Waals surface area contributed by atoms with Crippen molar-refractivity contribution in [3.63, 3.8) is 0 Å². The van der Waals surface area contributed by atoms with Gasteiger partial charge in [-0.05, 0) is 18.6 Å². The van der Waals surface area contributed by atoms with Gasteiger partial charge >= 0.3 is 0 Å². The van der Waals surface area contributed by atoms with Gasteiger partial charge in [-0.2, -0.15) is 0 Å². The fraction of sp³-hybridized carbons (Fsp3) is 1.00. The van der Waals surface area contributed by atoms with Crippen molar-refractivity contribution >= 4 is 10.2 Å². The van der Waals surface area contributed by atoms with Crippen LogP contribution >= 0.6 is 0 Å². The van der Waals surface area contributed by atoms with E-state index < -0.39 is 0 Å². The van der Waals surface area contributed by atoms with E-state index in [9.17, 15) is 0 Å². The summed E-state index contributed by atoms with van der Waals surface area (Å²) in [6, 6.07) is 0. The largest absolute Gasteiger partial charge is 0.305 e. The SMILES string of the molecule is CCNCNC([SiH3])CC. The Morgan fingerprint density at radius 1 is 1.44 bits per heavy atom. The van der Waals surface area contributed by atoms with E-state index in [0.717, 1.165) is 18.9 Å². The van der Waals surface area contributed by atoms with E-state index >= 15 is 0 Å². The van der Waals surface area contributed by atoms with Crippen molar-refractivity contribution < 1.29 is 0 Å². The first-order valence-electron chi connectivity index (χ1n) is 3.75. The minimum Gasteiger partial charge on any atom is -0.305 e. The minimum atomic E-state index is 0.782. The molecule has 3 heteroatoms. The second-order valence-electron chi connectivity index (χ2n) is 2.29. The van der Waals surface area contributed by atoms with E-state index in [2.05, 4.69) is 24.5 Å². The van der Waals surface area contributed by atoms with Gasteiger partial charge in [-0.25, -0.2) is 0 Å². The molecule has 0 aromatic carbocycles. The summed E-state index contributed by atoms with van der Waals surface area (Å²) in [5, 5.41) is 6.61. The predicted molar refractivity (Wildman–Crippen MR) is 45.7 cm³/mol. The summed E-state index contributed by atoms with van der Waals surface area (Å²) in [7, 11) is 1.26. The zero-order valence-electron chi connectivity index (χ0n) is 6.70. The van der Waals surface area contributed by atoms with Gasteiger partial charge in [-0.15, -0.1) is 0 Å². The number of rotatable bonds is 5. The Labute approximate surface area is 60.8 Å². The summed E-state index contributed by atoms with van der Waals surface area (Å²) in [4.78, 5) is 0. The number of hydrogen-bond donors (Lipinski definition) is 2. The van der Waals surface area contributed by atoms with E-state index in [1.54, 1.807) is 0 Å². The van der Waals surface area contributed by atoms with Crippen LogP contribution in [0.3, 0.4) is 0 Å². The lowest BCUT2D eigenvalue weighted by Gasteiger charge is -2.10. The van der Waals surface area contributed by atoms with Gasteiger partial charge in [0.1, 0.15) is 0 Å². The highest BCUT2D eigenvalue weighted by atomic mass is 28.1. The van der Waals surface area contributed by atoms with Crippen LogP contribution in [0.2, 0.25) is 0 Å². The molecule has 0 radical (unpaired) electrons. The first-order chi connectivity index (χ1) is 4.31. The molecule has 0 bridgehead atoms. The molecule has 1 unspecified atom stereocenters. The summed E-state index contributed by atoms with van der Waals surface area (Å²) in [5.74, 6) is 0. The van der Waals surface area contributed by atoms with Crippen LogP contribution in [0.25, 0.3) is 0 Å². The molecule has 9 heavy (non-hydrogen) atoms. The maximum absolute atomic E-state index is 3.38. The summed E-state index contributed by atoms with van der Waals surface area (Å²) in [6.45, 7) is 6.37. The van der Waals surface area contributed by atoms with E-state index in [1.165, 1.54) is 16.7 Å². The van der Waals surface area contributed by atoms with Gasteiger partial charge in [-0.3, -0.25) is 0 Å². The Bertz CT molecular complexity index is 59.0. The third-order valence-corrected chi connectivity index (χ3v) is 2.66. The molecule has 0 aliphatic rings. The van der Waals surface area contributed by atoms with Crippen molar-refractivity contribution in [1.82, 2.24) is 10.6 Å². The number of nitrogens with one attached hydrogen (secondary N) is 2. The first kappa shape index (κ1) is 9.14. The van der Waals surface area contributed by atoms with Gasteiger partial charge in [-0.1, -0.05) is 13.8 Å². The molecule has 0 spiro atoms. The van der Waals surface area contributed by atoms with Crippen molar-refractivity contribution in [3.8, 4) is 0 Å². The highest BCUT2D eigenvalue weighted by Crippen LogP contribution is 1.79. The van der Waals surface area contributed by atoms with Gasteiger partial charge in [0.05, 0.1) is 0 Å². The van der Waals surface area contributed by atoms with Crippen LogP contribution in [0.15, 0.2) is 0 Å². The minimum absolute atomic E-state index is 0.782. The Morgan fingerprint density at radius 3 is 2.56 bits per heavy atom. The monoisotopic (exact) mass is 146 g/mol. The quantitative estimate of drug-likeness (QED) is 0.303. The van der Waals surface area contributed by atoms with Gasteiger partial charge in [0.25, 0.3) is 0 Å². The van der Waals surface area contributed by atoms with Crippen LogP contribution in [-0.2, 0) is 0 Å². The van der Waals surface area contributed by atoms with Gasteiger partial charge in [0.15, 0.2) is 0 Å². The zero-order chi connectivity index (χ0) is 7.11. The van der Waals surface area contributed by atoms with E-state index in [4.69, 9.17) is 0 Å². The molecule has 0 aromatic heterocycles.